The average Bonchev–Trinajstić information content (AvgIpc) is 2.93. The number of rotatable bonds is 2. The van der Waals surface area contributed by atoms with Gasteiger partial charge in [-0.25, -0.2) is 0 Å². The Kier molecular flexibility index (Phi) is 3.99. The number of nitrogens with one attached hydrogen (secondary N) is 2. The molecule has 0 radical (unpaired) electrons. The molecule has 6 heterocycles. The fourth-order valence-electron chi connectivity index (χ4n) is 5.66. The quantitative estimate of drug-likeness (QED) is 0.786. The fraction of sp³-hybridized carbons (Fsp3) is 1.00. The molecular weight excluding hydrogens is 260 g/mol. The maximum Gasteiger partial charge on any atom is 0.0290 e. The molecule has 0 saturated carbocycles. The summed E-state index contributed by atoms with van der Waals surface area (Å²) in [5.41, 5.74) is 0. The molecular formula is C17H32N4. The van der Waals surface area contributed by atoms with Crippen LogP contribution in [0.4, 0.5) is 0 Å². The average molecular weight is 292 g/mol. The fourth-order valence-corrected chi connectivity index (χ4v) is 5.66. The second-order valence-electron chi connectivity index (χ2n) is 7.89. The third-order valence-corrected chi connectivity index (χ3v) is 6.78. The molecule has 0 aromatic heterocycles. The third-order valence-electron chi connectivity index (χ3n) is 6.78. The molecule has 2 N–H and O–H groups in total. The SMILES string of the molecule is CCN1CC2CCC1CNC2C1C2CCC(CN1C)NC2. The van der Waals surface area contributed by atoms with Crippen LogP contribution in [0.3, 0.4) is 0 Å². The lowest BCUT2D eigenvalue weighted by atomic mass is 9.79. The maximum atomic E-state index is 4.01. The van der Waals surface area contributed by atoms with Gasteiger partial charge in [0.15, 0.2) is 0 Å². The molecule has 4 heteroatoms. The summed E-state index contributed by atoms with van der Waals surface area (Å²) in [4.78, 5) is 5.42. The van der Waals surface area contributed by atoms with Gasteiger partial charge in [0.1, 0.15) is 0 Å². The molecule has 6 saturated heterocycles. The highest BCUT2D eigenvalue weighted by Gasteiger charge is 2.45. The van der Waals surface area contributed by atoms with Crippen LogP contribution in [0.5, 0.6) is 0 Å². The minimum atomic E-state index is 0.709. The number of piperidine rings is 2. The van der Waals surface area contributed by atoms with Crippen molar-refractivity contribution in [2.24, 2.45) is 11.8 Å². The molecule has 6 aliphatic rings. The van der Waals surface area contributed by atoms with Gasteiger partial charge in [-0.3, -0.25) is 9.80 Å². The minimum Gasteiger partial charge on any atom is -0.312 e. The Balaban J connectivity index is 1.57. The number of likely N-dealkylation sites (N-methyl/N-ethyl adjacent to an activating group) is 2. The third kappa shape index (κ3) is 2.54. The molecule has 6 unspecified atom stereocenters. The lowest BCUT2D eigenvalue weighted by Crippen LogP contribution is -2.55. The Labute approximate surface area is 129 Å². The summed E-state index contributed by atoms with van der Waals surface area (Å²) in [7, 11) is 2.37. The molecule has 21 heavy (non-hydrogen) atoms. The first-order valence-electron chi connectivity index (χ1n) is 9.17. The van der Waals surface area contributed by atoms with Crippen molar-refractivity contribution >= 4 is 0 Å². The summed E-state index contributed by atoms with van der Waals surface area (Å²) < 4.78 is 0. The topological polar surface area (TPSA) is 30.5 Å². The summed E-state index contributed by atoms with van der Waals surface area (Å²) >= 11 is 0. The van der Waals surface area contributed by atoms with Crippen LogP contribution in [0.2, 0.25) is 0 Å². The van der Waals surface area contributed by atoms with Gasteiger partial charge in [0, 0.05) is 43.8 Å². The second kappa shape index (κ2) is 5.80. The molecule has 0 aromatic carbocycles. The van der Waals surface area contributed by atoms with Crippen molar-refractivity contribution in [2.75, 3.05) is 39.8 Å². The molecule has 0 spiro atoms. The van der Waals surface area contributed by atoms with Gasteiger partial charge >= 0.3 is 0 Å². The molecule has 6 fully saturated rings. The van der Waals surface area contributed by atoms with Crippen LogP contribution in [0, 0.1) is 11.8 Å². The summed E-state index contributed by atoms with van der Waals surface area (Å²) in [6.07, 6.45) is 5.65. The van der Waals surface area contributed by atoms with Gasteiger partial charge in [0.25, 0.3) is 0 Å². The van der Waals surface area contributed by atoms with Crippen molar-refractivity contribution < 1.29 is 0 Å². The van der Waals surface area contributed by atoms with Crippen LogP contribution in [0.15, 0.2) is 0 Å². The van der Waals surface area contributed by atoms with Crippen LogP contribution in [0.1, 0.15) is 32.6 Å². The zero-order valence-electron chi connectivity index (χ0n) is 13.7. The van der Waals surface area contributed by atoms with Crippen molar-refractivity contribution in [3.63, 3.8) is 0 Å². The summed E-state index contributed by atoms with van der Waals surface area (Å²) in [6.45, 7) is 8.58. The van der Waals surface area contributed by atoms with Crippen molar-refractivity contribution in [1.82, 2.24) is 20.4 Å². The minimum absolute atomic E-state index is 0.709. The normalized spacial score (nSPS) is 48.3. The van der Waals surface area contributed by atoms with Gasteiger partial charge in [-0.1, -0.05) is 6.92 Å². The summed E-state index contributed by atoms with van der Waals surface area (Å²) in [6, 6.07) is 2.98. The Morgan fingerprint density at radius 2 is 1.81 bits per heavy atom. The van der Waals surface area contributed by atoms with Crippen LogP contribution >= 0.6 is 0 Å². The van der Waals surface area contributed by atoms with Crippen molar-refractivity contribution in [3.8, 4) is 0 Å². The molecule has 4 nitrogen and oxygen atoms in total. The first kappa shape index (κ1) is 14.4. The van der Waals surface area contributed by atoms with E-state index in [0.29, 0.717) is 6.04 Å². The van der Waals surface area contributed by atoms with Crippen LogP contribution in [0.25, 0.3) is 0 Å². The van der Waals surface area contributed by atoms with E-state index in [1.807, 2.05) is 0 Å². The Morgan fingerprint density at radius 1 is 0.952 bits per heavy atom. The molecule has 6 atom stereocenters. The largest absolute Gasteiger partial charge is 0.312 e. The highest BCUT2D eigenvalue weighted by molar-refractivity contribution is 5.03. The molecule has 120 valence electrons. The van der Waals surface area contributed by atoms with E-state index in [4.69, 9.17) is 0 Å². The van der Waals surface area contributed by atoms with Gasteiger partial charge in [-0.2, -0.15) is 0 Å². The van der Waals surface area contributed by atoms with Crippen molar-refractivity contribution in [1.29, 1.82) is 0 Å². The standard InChI is InChI=1S/C17H32N4/c1-3-21-10-13-5-7-15(21)9-19-16(13)17-12-4-6-14(18-8-12)11-20(17)2/h12-19H,3-11H2,1-2H3. The zero-order valence-corrected chi connectivity index (χ0v) is 13.7. The molecule has 6 rings (SSSR count). The van der Waals surface area contributed by atoms with E-state index in [9.17, 15) is 0 Å². The monoisotopic (exact) mass is 292 g/mol. The van der Waals surface area contributed by atoms with Crippen LogP contribution < -0.4 is 10.6 Å². The van der Waals surface area contributed by atoms with Crippen molar-refractivity contribution in [2.45, 2.75) is 56.8 Å². The van der Waals surface area contributed by atoms with E-state index >= 15 is 0 Å². The van der Waals surface area contributed by atoms with Gasteiger partial charge in [-0.05, 0) is 57.7 Å². The molecule has 4 bridgehead atoms. The van der Waals surface area contributed by atoms with Crippen molar-refractivity contribution in [3.05, 3.63) is 0 Å². The smallest absolute Gasteiger partial charge is 0.0290 e. The van der Waals surface area contributed by atoms with E-state index in [0.717, 1.165) is 30.0 Å². The van der Waals surface area contributed by atoms with E-state index in [2.05, 4.69) is 34.4 Å². The first-order valence-corrected chi connectivity index (χ1v) is 9.17. The summed E-state index contributed by atoms with van der Waals surface area (Å²) in [5.74, 6) is 1.70. The van der Waals surface area contributed by atoms with Gasteiger partial charge < -0.3 is 10.6 Å². The number of fused-ring (bicyclic) bond motifs is 9. The predicted octanol–water partition coefficient (Wildman–Crippen LogP) is 0.741. The van der Waals surface area contributed by atoms with Crippen LogP contribution in [-0.4, -0.2) is 73.7 Å². The maximum absolute atomic E-state index is 4.01. The number of nitrogens with zero attached hydrogens (tertiary/aromatic N) is 2. The Bertz CT molecular complexity index is 366. The lowest BCUT2D eigenvalue weighted by molar-refractivity contribution is 0.0924. The van der Waals surface area contributed by atoms with E-state index < -0.39 is 0 Å². The molecule has 0 aliphatic carbocycles. The summed E-state index contributed by atoms with van der Waals surface area (Å²) in [5, 5.41) is 7.79. The lowest BCUT2D eigenvalue weighted by Gasteiger charge is -2.42. The predicted molar refractivity (Wildman–Crippen MR) is 86.5 cm³/mol. The first-order chi connectivity index (χ1) is 10.3. The van der Waals surface area contributed by atoms with Gasteiger partial charge in [0.2, 0.25) is 0 Å². The van der Waals surface area contributed by atoms with Crippen LogP contribution in [-0.2, 0) is 0 Å². The van der Waals surface area contributed by atoms with Gasteiger partial charge in [0.05, 0.1) is 0 Å². The van der Waals surface area contributed by atoms with E-state index in [-0.39, 0.29) is 0 Å². The highest BCUT2D eigenvalue weighted by atomic mass is 15.3. The molecule has 0 amide bonds. The Hall–Kier alpha value is -0.160. The van der Waals surface area contributed by atoms with E-state index in [1.54, 1.807) is 0 Å². The molecule has 0 aromatic rings. The van der Waals surface area contributed by atoms with Gasteiger partial charge in [-0.15, -0.1) is 0 Å². The number of hydrogen-bond donors (Lipinski definition) is 2. The molecule has 6 aliphatic heterocycles. The zero-order chi connectivity index (χ0) is 14.4. The number of hydrogen-bond acceptors (Lipinski definition) is 4. The second-order valence-corrected chi connectivity index (χ2v) is 7.89. The highest BCUT2D eigenvalue weighted by Crippen LogP contribution is 2.35. The Morgan fingerprint density at radius 3 is 2.57 bits per heavy atom. The van der Waals surface area contributed by atoms with E-state index in [1.165, 1.54) is 58.4 Å².